The van der Waals surface area contributed by atoms with Crippen LogP contribution in [0.15, 0.2) is 62.7 Å². The highest BCUT2D eigenvalue weighted by Gasteiger charge is 2.19. The molecule has 4 aromatic rings. The number of rotatable bonds is 10. The van der Waals surface area contributed by atoms with Gasteiger partial charge < -0.3 is 14.0 Å². The lowest BCUT2D eigenvalue weighted by atomic mass is 10.3. The molecule has 1 N–H and O–H groups in total. The normalized spacial score (nSPS) is 13.9. The molecule has 38 heavy (non-hydrogen) atoms. The fourth-order valence-corrected chi connectivity index (χ4v) is 5.75. The number of hydrogen-bond acceptors (Lipinski definition) is 12. The predicted octanol–water partition coefficient (Wildman–Crippen LogP) is 3.64. The van der Waals surface area contributed by atoms with E-state index in [1.54, 1.807) is 17.8 Å². The molecule has 1 saturated heterocycles. The number of morpholine rings is 1. The van der Waals surface area contributed by atoms with Gasteiger partial charge in [-0.05, 0) is 55.1 Å². The smallest absolute Gasteiger partial charge is 0.277 e. The number of benzene rings is 1. The Hall–Kier alpha value is -3.04. The maximum atomic E-state index is 13.2. The highest BCUT2D eigenvalue weighted by Crippen LogP contribution is 2.34. The Morgan fingerprint density at radius 2 is 1.95 bits per heavy atom. The van der Waals surface area contributed by atoms with E-state index in [0.717, 1.165) is 55.0 Å². The molecule has 1 aliphatic rings. The highest BCUT2D eigenvalue weighted by molar-refractivity contribution is 7.99. The minimum atomic E-state index is -0.355. The molecule has 4 heterocycles. The van der Waals surface area contributed by atoms with Crippen LogP contribution in [-0.2, 0) is 11.8 Å². The Bertz CT molecular complexity index is 1370. The Kier molecular flexibility index (Phi) is 8.86. The van der Waals surface area contributed by atoms with Gasteiger partial charge in [0.05, 0.1) is 13.2 Å². The van der Waals surface area contributed by atoms with Crippen molar-refractivity contribution in [1.29, 1.82) is 0 Å². The molecule has 11 nitrogen and oxygen atoms in total. The molecule has 0 atom stereocenters. The lowest BCUT2D eigenvalue weighted by Gasteiger charge is -2.26. The molecule has 3 aromatic heterocycles. The zero-order chi connectivity index (χ0) is 26.3. The van der Waals surface area contributed by atoms with Crippen LogP contribution in [0.3, 0.4) is 0 Å². The van der Waals surface area contributed by atoms with Gasteiger partial charge in [0.25, 0.3) is 5.91 Å². The van der Waals surface area contributed by atoms with E-state index in [1.807, 2.05) is 43.4 Å². The molecule has 0 radical (unpaired) electrons. The number of hydrogen-bond donors (Lipinski definition) is 1. The van der Waals surface area contributed by atoms with Crippen LogP contribution in [0.4, 0.5) is 5.13 Å². The SMILES string of the molecule is Cc1nsc(NC(=O)c2nc(Sc3nncn3C)ccc2Sc2ccc(OCCN3CCOCC3)cc2)n1. The van der Waals surface area contributed by atoms with Gasteiger partial charge >= 0.3 is 0 Å². The van der Waals surface area contributed by atoms with Crippen molar-refractivity contribution in [2.45, 2.75) is 26.9 Å². The molecule has 0 aliphatic carbocycles. The van der Waals surface area contributed by atoms with Gasteiger partial charge in [0.1, 0.15) is 35.2 Å². The van der Waals surface area contributed by atoms with Gasteiger partial charge in [-0.3, -0.25) is 15.0 Å². The first kappa shape index (κ1) is 26.6. The monoisotopic (exact) mass is 570 g/mol. The van der Waals surface area contributed by atoms with E-state index >= 15 is 0 Å². The van der Waals surface area contributed by atoms with E-state index in [2.05, 4.69) is 34.8 Å². The average molecular weight is 571 g/mol. The van der Waals surface area contributed by atoms with Gasteiger partial charge in [0, 0.05) is 48.0 Å². The summed E-state index contributed by atoms with van der Waals surface area (Å²) in [7, 11) is 1.86. The summed E-state index contributed by atoms with van der Waals surface area (Å²) in [5.41, 5.74) is 0.292. The van der Waals surface area contributed by atoms with Crippen LogP contribution in [0.25, 0.3) is 0 Å². The third-order valence-electron chi connectivity index (χ3n) is 5.49. The quantitative estimate of drug-likeness (QED) is 0.301. The van der Waals surface area contributed by atoms with Gasteiger partial charge in [-0.1, -0.05) is 11.8 Å². The van der Waals surface area contributed by atoms with Crippen molar-refractivity contribution in [2.75, 3.05) is 44.8 Å². The van der Waals surface area contributed by atoms with Gasteiger partial charge in [0.15, 0.2) is 5.16 Å². The topological polar surface area (TPSA) is 120 Å². The van der Waals surface area contributed by atoms with Crippen molar-refractivity contribution in [1.82, 2.24) is 34.0 Å². The minimum Gasteiger partial charge on any atom is -0.492 e. The number of aromatic nitrogens is 6. The first-order valence-electron chi connectivity index (χ1n) is 11.9. The summed E-state index contributed by atoms with van der Waals surface area (Å²) in [4.78, 5) is 26.1. The first-order valence-corrected chi connectivity index (χ1v) is 14.3. The van der Waals surface area contributed by atoms with E-state index < -0.39 is 0 Å². The van der Waals surface area contributed by atoms with Crippen LogP contribution < -0.4 is 10.1 Å². The van der Waals surface area contributed by atoms with Crippen molar-refractivity contribution in [3.8, 4) is 5.75 Å². The van der Waals surface area contributed by atoms with Gasteiger partial charge in [-0.2, -0.15) is 4.37 Å². The molecular weight excluding hydrogens is 545 g/mol. The third-order valence-corrected chi connectivity index (χ3v) is 8.26. The van der Waals surface area contributed by atoms with E-state index in [4.69, 9.17) is 9.47 Å². The second kappa shape index (κ2) is 12.7. The summed E-state index contributed by atoms with van der Waals surface area (Å²) < 4.78 is 17.2. The molecule has 0 unspecified atom stereocenters. The number of carbonyl (C=O) groups excluding carboxylic acids is 1. The Labute approximate surface area is 232 Å². The Balaban J connectivity index is 1.28. The zero-order valence-corrected chi connectivity index (χ0v) is 23.3. The Morgan fingerprint density at radius 1 is 1.13 bits per heavy atom. The first-order chi connectivity index (χ1) is 18.5. The number of ether oxygens (including phenoxy) is 2. The molecule has 0 bridgehead atoms. The summed E-state index contributed by atoms with van der Waals surface area (Å²) in [6, 6.07) is 11.6. The van der Waals surface area contributed by atoms with E-state index in [-0.39, 0.29) is 5.91 Å². The van der Waals surface area contributed by atoms with Gasteiger partial charge in [-0.15, -0.1) is 10.2 Å². The standard InChI is InChI=1S/C24H26N8O3S3/c1-16-26-23(38-30-16)28-22(33)21-19(7-8-20(27-21)37-24-29-25-15-31(24)2)36-18-5-3-17(4-6-18)35-14-11-32-9-12-34-13-10-32/h3-8,15H,9-14H2,1-2H3,(H,26,28,30,33). The largest absolute Gasteiger partial charge is 0.492 e. The summed E-state index contributed by atoms with van der Waals surface area (Å²) >= 11 is 3.92. The van der Waals surface area contributed by atoms with E-state index in [0.29, 0.717) is 38.3 Å². The molecule has 1 fully saturated rings. The number of pyridine rings is 1. The fourth-order valence-electron chi connectivity index (χ4n) is 3.54. The molecule has 0 saturated carbocycles. The number of anilines is 1. The number of nitrogens with zero attached hydrogens (tertiary/aromatic N) is 7. The molecule has 5 rings (SSSR count). The van der Waals surface area contributed by atoms with Crippen LogP contribution in [0, 0.1) is 6.92 Å². The maximum Gasteiger partial charge on any atom is 0.277 e. The van der Waals surface area contributed by atoms with Crippen LogP contribution in [0.1, 0.15) is 16.3 Å². The van der Waals surface area contributed by atoms with Gasteiger partial charge in [-0.25, -0.2) is 9.97 Å². The van der Waals surface area contributed by atoms with Crippen molar-refractivity contribution in [3.05, 3.63) is 54.2 Å². The second-order valence-corrected chi connectivity index (χ2v) is 11.2. The maximum absolute atomic E-state index is 13.2. The third kappa shape index (κ3) is 7.08. The molecule has 0 spiro atoms. The summed E-state index contributed by atoms with van der Waals surface area (Å²) in [5.74, 6) is 1.06. The lowest BCUT2D eigenvalue weighted by molar-refractivity contribution is 0.0322. The molecule has 1 aromatic carbocycles. The van der Waals surface area contributed by atoms with Crippen LogP contribution >= 0.6 is 35.1 Å². The zero-order valence-electron chi connectivity index (χ0n) is 20.9. The molecule has 198 valence electrons. The second-order valence-electron chi connectivity index (χ2n) is 8.30. The number of amides is 1. The van der Waals surface area contributed by atoms with Crippen molar-refractivity contribution < 1.29 is 14.3 Å². The van der Waals surface area contributed by atoms with Gasteiger partial charge in [0.2, 0.25) is 5.13 Å². The summed E-state index contributed by atoms with van der Waals surface area (Å²) in [5, 5.41) is 12.6. The summed E-state index contributed by atoms with van der Waals surface area (Å²) in [6.07, 6.45) is 1.62. The number of aryl methyl sites for hydroxylation is 2. The molecular formula is C24H26N8O3S3. The predicted molar refractivity (Wildman–Crippen MR) is 145 cm³/mol. The Morgan fingerprint density at radius 3 is 2.66 bits per heavy atom. The van der Waals surface area contributed by atoms with E-state index in [1.165, 1.54) is 23.5 Å². The lowest BCUT2D eigenvalue weighted by Crippen LogP contribution is -2.38. The average Bonchev–Trinajstić information content (AvgIpc) is 3.53. The van der Waals surface area contributed by atoms with Crippen molar-refractivity contribution in [2.24, 2.45) is 7.05 Å². The van der Waals surface area contributed by atoms with Crippen molar-refractivity contribution in [3.63, 3.8) is 0 Å². The molecule has 1 amide bonds. The number of carbonyl (C=O) groups is 1. The highest BCUT2D eigenvalue weighted by atomic mass is 32.2. The minimum absolute atomic E-state index is 0.292. The van der Waals surface area contributed by atoms with Crippen LogP contribution in [-0.4, -0.2) is 79.4 Å². The van der Waals surface area contributed by atoms with Crippen LogP contribution in [0.5, 0.6) is 5.75 Å². The molecule has 1 aliphatic heterocycles. The number of nitrogens with one attached hydrogen (secondary N) is 1. The molecule has 14 heteroatoms. The van der Waals surface area contributed by atoms with E-state index in [9.17, 15) is 4.79 Å². The van der Waals surface area contributed by atoms with Crippen molar-refractivity contribution >= 4 is 46.1 Å². The van der Waals surface area contributed by atoms with Crippen LogP contribution in [0.2, 0.25) is 0 Å². The summed E-state index contributed by atoms with van der Waals surface area (Å²) in [6.45, 7) is 6.71. The fraction of sp³-hybridized carbons (Fsp3) is 0.333.